The number of hydrogen-bond donors (Lipinski definition) is 1. The Hall–Kier alpha value is -2.53. The fourth-order valence-electron chi connectivity index (χ4n) is 2.72. The molecule has 2 unspecified atom stereocenters. The summed E-state index contributed by atoms with van der Waals surface area (Å²) in [7, 11) is 1.77. The largest absolute Gasteiger partial charge is 0.486 e. The molecule has 0 aromatic heterocycles. The minimum Gasteiger partial charge on any atom is -0.486 e. The van der Waals surface area contributed by atoms with Gasteiger partial charge in [0.1, 0.15) is 6.61 Å². The molecular formula is C19H22N2O3. The third kappa shape index (κ3) is 3.86. The van der Waals surface area contributed by atoms with Crippen LogP contribution in [-0.2, 0) is 4.79 Å². The predicted molar refractivity (Wildman–Crippen MR) is 92.0 cm³/mol. The van der Waals surface area contributed by atoms with E-state index in [0.717, 1.165) is 17.1 Å². The van der Waals surface area contributed by atoms with Gasteiger partial charge < -0.3 is 20.1 Å². The normalized spacial score (nSPS) is 17.2. The van der Waals surface area contributed by atoms with Gasteiger partial charge in [0.05, 0.1) is 6.54 Å². The number of nitrogens with zero attached hydrogens (tertiary/aromatic N) is 1. The molecular weight excluding hydrogens is 304 g/mol. The molecule has 24 heavy (non-hydrogen) atoms. The van der Waals surface area contributed by atoms with E-state index in [4.69, 9.17) is 15.2 Å². The number of para-hydroxylation sites is 2. The molecule has 0 radical (unpaired) electrons. The fraction of sp³-hybridized carbons (Fsp3) is 0.316. The first-order valence-electron chi connectivity index (χ1n) is 8.06. The fourth-order valence-corrected chi connectivity index (χ4v) is 2.72. The Balaban J connectivity index is 1.53. The highest BCUT2D eigenvalue weighted by Gasteiger charge is 2.24. The van der Waals surface area contributed by atoms with Gasteiger partial charge in [0.15, 0.2) is 17.6 Å². The average Bonchev–Trinajstić information content (AvgIpc) is 2.62. The smallest absolute Gasteiger partial charge is 0.224 e. The van der Waals surface area contributed by atoms with Gasteiger partial charge in [0.25, 0.3) is 0 Å². The summed E-state index contributed by atoms with van der Waals surface area (Å²) < 4.78 is 11.6. The molecule has 0 saturated heterocycles. The van der Waals surface area contributed by atoms with Crippen molar-refractivity contribution in [1.82, 2.24) is 4.90 Å². The van der Waals surface area contributed by atoms with Crippen molar-refractivity contribution in [3.05, 3.63) is 60.2 Å². The number of amides is 1. The quantitative estimate of drug-likeness (QED) is 0.916. The maximum atomic E-state index is 12.4. The zero-order chi connectivity index (χ0) is 16.9. The SMILES string of the molecule is CN(CC1COc2ccccc2O1)C(=O)CC(N)c1ccccc1. The van der Waals surface area contributed by atoms with E-state index < -0.39 is 0 Å². The van der Waals surface area contributed by atoms with Crippen molar-refractivity contribution in [3.8, 4) is 11.5 Å². The van der Waals surface area contributed by atoms with Crippen molar-refractivity contribution in [2.45, 2.75) is 18.6 Å². The predicted octanol–water partition coefficient (Wildman–Crippen LogP) is 2.37. The second-order valence-electron chi connectivity index (χ2n) is 5.99. The maximum absolute atomic E-state index is 12.4. The molecule has 2 aromatic carbocycles. The van der Waals surface area contributed by atoms with Crippen LogP contribution >= 0.6 is 0 Å². The maximum Gasteiger partial charge on any atom is 0.224 e. The molecule has 0 bridgehead atoms. The van der Waals surface area contributed by atoms with Crippen LogP contribution < -0.4 is 15.2 Å². The number of rotatable bonds is 5. The van der Waals surface area contributed by atoms with E-state index in [0.29, 0.717) is 13.2 Å². The van der Waals surface area contributed by atoms with Crippen molar-refractivity contribution in [1.29, 1.82) is 0 Å². The Labute approximate surface area is 142 Å². The summed E-state index contributed by atoms with van der Waals surface area (Å²) in [5, 5.41) is 0. The molecule has 2 atom stereocenters. The Morgan fingerprint density at radius 3 is 2.58 bits per heavy atom. The van der Waals surface area contributed by atoms with Gasteiger partial charge in [-0.3, -0.25) is 4.79 Å². The standard InChI is InChI=1S/C19H22N2O3/c1-21(19(22)11-16(20)14-7-3-2-4-8-14)12-15-13-23-17-9-5-6-10-18(17)24-15/h2-10,15-16H,11-13,20H2,1H3. The highest BCUT2D eigenvalue weighted by molar-refractivity contribution is 5.76. The summed E-state index contributed by atoms with van der Waals surface area (Å²) in [5.41, 5.74) is 7.09. The van der Waals surface area contributed by atoms with E-state index in [1.54, 1.807) is 11.9 Å². The lowest BCUT2D eigenvalue weighted by Crippen LogP contribution is -2.42. The molecule has 0 saturated carbocycles. The second-order valence-corrected chi connectivity index (χ2v) is 5.99. The van der Waals surface area contributed by atoms with E-state index in [1.807, 2.05) is 54.6 Å². The van der Waals surface area contributed by atoms with Gasteiger partial charge in [-0.15, -0.1) is 0 Å². The van der Waals surface area contributed by atoms with Gasteiger partial charge in [-0.05, 0) is 17.7 Å². The number of benzene rings is 2. The molecule has 2 N–H and O–H groups in total. The number of likely N-dealkylation sites (N-methyl/N-ethyl adjacent to an activating group) is 1. The van der Waals surface area contributed by atoms with Gasteiger partial charge in [-0.1, -0.05) is 42.5 Å². The highest BCUT2D eigenvalue weighted by atomic mass is 16.6. The molecule has 3 rings (SSSR count). The summed E-state index contributed by atoms with van der Waals surface area (Å²) in [4.78, 5) is 14.1. The van der Waals surface area contributed by atoms with Gasteiger partial charge >= 0.3 is 0 Å². The van der Waals surface area contributed by atoms with Crippen molar-refractivity contribution in [2.75, 3.05) is 20.2 Å². The second kappa shape index (κ2) is 7.36. The summed E-state index contributed by atoms with van der Waals surface area (Å²) in [6.45, 7) is 0.897. The van der Waals surface area contributed by atoms with Crippen molar-refractivity contribution < 1.29 is 14.3 Å². The summed E-state index contributed by atoms with van der Waals surface area (Å²) >= 11 is 0. The molecule has 1 aliphatic heterocycles. The van der Waals surface area contributed by atoms with Crippen LogP contribution in [0.4, 0.5) is 0 Å². The number of carbonyl (C=O) groups is 1. The van der Waals surface area contributed by atoms with Crippen molar-refractivity contribution in [3.63, 3.8) is 0 Å². The first-order chi connectivity index (χ1) is 11.6. The molecule has 0 spiro atoms. The molecule has 0 fully saturated rings. The molecule has 1 amide bonds. The number of nitrogens with two attached hydrogens (primary N) is 1. The topological polar surface area (TPSA) is 64.8 Å². The highest BCUT2D eigenvalue weighted by Crippen LogP contribution is 2.31. The molecule has 5 nitrogen and oxygen atoms in total. The lowest BCUT2D eigenvalue weighted by atomic mass is 10.0. The minimum atomic E-state index is -0.301. The lowest BCUT2D eigenvalue weighted by Gasteiger charge is -2.30. The van der Waals surface area contributed by atoms with Crippen LogP contribution in [0.5, 0.6) is 11.5 Å². The van der Waals surface area contributed by atoms with Gasteiger partial charge in [-0.2, -0.15) is 0 Å². The van der Waals surface area contributed by atoms with Crippen molar-refractivity contribution in [2.24, 2.45) is 5.73 Å². The van der Waals surface area contributed by atoms with E-state index >= 15 is 0 Å². The van der Waals surface area contributed by atoms with E-state index in [9.17, 15) is 4.79 Å². The van der Waals surface area contributed by atoms with Crippen LogP contribution in [0.3, 0.4) is 0 Å². The Bertz CT molecular complexity index is 690. The van der Waals surface area contributed by atoms with E-state index in [1.165, 1.54) is 0 Å². The minimum absolute atomic E-state index is 0.00573. The molecule has 0 aliphatic carbocycles. The van der Waals surface area contributed by atoms with E-state index in [-0.39, 0.29) is 24.5 Å². The van der Waals surface area contributed by atoms with Crippen LogP contribution in [0.15, 0.2) is 54.6 Å². The van der Waals surface area contributed by atoms with E-state index in [2.05, 4.69) is 0 Å². The zero-order valence-corrected chi connectivity index (χ0v) is 13.7. The Morgan fingerprint density at radius 2 is 1.83 bits per heavy atom. The van der Waals surface area contributed by atoms with Gasteiger partial charge in [0.2, 0.25) is 5.91 Å². The summed E-state index contributed by atoms with van der Waals surface area (Å²) in [6.07, 6.45) is 0.0896. The van der Waals surface area contributed by atoms with Crippen LogP contribution in [0.25, 0.3) is 0 Å². The van der Waals surface area contributed by atoms with Crippen molar-refractivity contribution >= 4 is 5.91 Å². The number of carbonyl (C=O) groups excluding carboxylic acids is 1. The third-order valence-corrected chi connectivity index (χ3v) is 4.09. The number of ether oxygens (including phenoxy) is 2. The first kappa shape index (κ1) is 16.3. The molecule has 2 aromatic rings. The Kier molecular flexibility index (Phi) is 5.01. The summed E-state index contributed by atoms with van der Waals surface area (Å²) in [6, 6.07) is 16.9. The van der Waals surface area contributed by atoms with Crippen LogP contribution in [0.2, 0.25) is 0 Å². The number of fused-ring (bicyclic) bond motifs is 1. The molecule has 126 valence electrons. The van der Waals surface area contributed by atoms with Gasteiger partial charge in [-0.25, -0.2) is 0 Å². The number of hydrogen-bond acceptors (Lipinski definition) is 4. The third-order valence-electron chi connectivity index (χ3n) is 4.09. The molecule has 1 heterocycles. The monoisotopic (exact) mass is 326 g/mol. The lowest BCUT2D eigenvalue weighted by molar-refractivity contribution is -0.131. The Morgan fingerprint density at radius 1 is 1.17 bits per heavy atom. The zero-order valence-electron chi connectivity index (χ0n) is 13.7. The molecule has 5 heteroatoms. The first-order valence-corrected chi connectivity index (χ1v) is 8.06. The van der Waals surface area contributed by atoms with Crippen LogP contribution in [0.1, 0.15) is 18.0 Å². The summed E-state index contributed by atoms with van der Waals surface area (Å²) in [5.74, 6) is 1.46. The molecule has 1 aliphatic rings. The average molecular weight is 326 g/mol. The van der Waals surface area contributed by atoms with Crippen LogP contribution in [-0.4, -0.2) is 37.1 Å². The van der Waals surface area contributed by atoms with Crippen LogP contribution in [0, 0.1) is 0 Å². The van der Waals surface area contributed by atoms with Gasteiger partial charge in [0, 0.05) is 19.5 Å².